The molecule has 2 N–H and O–H groups in total. The largest absolute Gasteiger partial charge is 0.353 e. The molecule has 7 nitrogen and oxygen atoms in total. The van der Waals surface area contributed by atoms with Gasteiger partial charge in [-0.25, -0.2) is 0 Å². The average molecular weight is 347 g/mol. The van der Waals surface area contributed by atoms with Gasteiger partial charge in [-0.2, -0.15) is 0 Å². The summed E-state index contributed by atoms with van der Waals surface area (Å²) in [5, 5.41) is 13.8. The molecule has 138 valence electrons. The number of nitrogens with one attached hydrogen (secondary N) is 2. The zero-order valence-corrected chi connectivity index (χ0v) is 15.0. The second kappa shape index (κ2) is 8.45. The van der Waals surface area contributed by atoms with Crippen LogP contribution in [0.5, 0.6) is 0 Å². The third-order valence-corrected chi connectivity index (χ3v) is 5.21. The van der Waals surface area contributed by atoms with Crippen LogP contribution < -0.4 is 10.6 Å². The van der Waals surface area contributed by atoms with Gasteiger partial charge in [0.1, 0.15) is 18.2 Å². The van der Waals surface area contributed by atoms with Gasteiger partial charge in [0.05, 0.1) is 0 Å². The van der Waals surface area contributed by atoms with Crippen LogP contribution in [0.25, 0.3) is 0 Å². The van der Waals surface area contributed by atoms with E-state index in [9.17, 15) is 9.59 Å². The maximum Gasteiger partial charge on any atom is 0.242 e. The maximum absolute atomic E-state index is 12.2. The first-order valence-corrected chi connectivity index (χ1v) is 9.58. The Hall–Kier alpha value is -1.92. The van der Waals surface area contributed by atoms with Crippen LogP contribution >= 0.6 is 0 Å². The molecule has 7 heteroatoms. The van der Waals surface area contributed by atoms with E-state index in [0.717, 1.165) is 18.7 Å². The molecular formula is C18H29N5O2. The van der Waals surface area contributed by atoms with Crippen molar-refractivity contribution in [2.45, 2.75) is 76.8 Å². The number of amides is 2. The lowest BCUT2D eigenvalue weighted by Crippen LogP contribution is -2.45. The van der Waals surface area contributed by atoms with Gasteiger partial charge in [-0.3, -0.25) is 9.59 Å². The normalized spacial score (nSPS) is 19.4. The Morgan fingerprint density at radius 2 is 2.00 bits per heavy atom. The number of hydrogen-bond donors (Lipinski definition) is 2. The zero-order valence-electron chi connectivity index (χ0n) is 15.0. The quantitative estimate of drug-likeness (QED) is 0.750. The van der Waals surface area contributed by atoms with Crippen LogP contribution in [0, 0.1) is 5.92 Å². The summed E-state index contributed by atoms with van der Waals surface area (Å²) in [6, 6.07) is -0.500. The van der Waals surface area contributed by atoms with Crippen molar-refractivity contribution in [3.63, 3.8) is 0 Å². The molecule has 2 aliphatic carbocycles. The van der Waals surface area contributed by atoms with Crippen molar-refractivity contribution < 1.29 is 9.59 Å². The van der Waals surface area contributed by atoms with Gasteiger partial charge in [0, 0.05) is 25.4 Å². The van der Waals surface area contributed by atoms with Gasteiger partial charge in [-0.05, 0) is 38.5 Å². The van der Waals surface area contributed by atoms with Gasteiger partial charge >= 0.3 is 0 Å². The highest BCUT2D eigenvalue weighted by molar-refractivity contribution is 5.87. The minimum Gasteiger partial charge on any atom is -0.353 e. The van der Waals surface area contributed by atoms with E-state index < -0.39 is 6.04 Å². The number of rotatable bonds is 8. The average Bonchev–Trinajstić information content (AvgIpc) is 3.34. The lowest BCUT2D eigenvalue weighted by atomic mass is 9.87. The Bertz CT molecular complexity index is 590. The number of nitrogens with zero attached hydrogens (tertiary/aromatic N) is 3. The van der Waals surface area contributed by atoms with Gasteiger partial charge in [-0.1, -0.05) is 19.3 Å². The van der Waals surface area contributed by atoms with Gasteiger partial charge in [-0.15, -0.1) is 10.2 Å². The molecule has 3 rings (SSSR count). The first kappa shape index (κ1) is 17.9. The fourth-order valence-corrected chi connectivity index (χ4v) is 3.57. The highest BCUT2D eigenvalue weighted by atomic mass is 16.2. The summed E-state index contributed by atoms with van der Waals surface area (Å²) >= 11 is 0. The lowest BCUT2D eigenvalue weighted by molar-refractivity contribution is -0.129. The standard InChI is InChI=1S/C18H29N5O2/c1-13(21-16(24)11-14-5-3-2-4-6-14)18(25)19-9-10-23-12-20-22-17(23)15-7-8-15/h12-15H,2-11H2,1H3,(H,19,25)(H,21,24)/t13-/m0/s1. The molecule has 0 aliphatic heterocycles. The van der Waals surface area contributed by atoms with Crippen LogP contribution in [0.3, 0.4) is 0 Å². The summed E-state index contributed by atoms with van der Waals surface area (Å²) < 4.78 is 2.00. The van der Waals surface area contributed by atoms with Crippen molar-refractivity contribution in [2.75, 3.05) is 6.54 Å². The number of hydrogen-bond acceptors (Lipinski definition) is 4. The topological polar surface area (TPSA) is 88.9 Å². The summed E-state index contributed by atoms with van der Waals surface area (Å²) in [6.07, 6.45) is 10.6. The van der Waals surface area contributed by atoms with Gasteiger partial charge in [0.2, 0.25) is 11.8 Å². The molecule has 1 heterocycles. The van der Waals surface area contributed by atoms with Crippen molar-refractivity contribution >= 4 is 11.8 Å². The van der Waals surface area contributed by atoms with Crippen molar-refractivity contribution in [1.29, 1.82) is 0 Å². The molecule has 0 saturated heterocycles. The molecule has 2 fully saturated rings. The van der Waals surface area contributed by atoms with Gasteiger partial charge < -0.3 is 15.2 Å². The monoisotopic (exact) mass is 347 g/mol. The zero-order chi connectivity index (χ0) is 17.6. The molecular weight excluding hydrogens is 318 g/mol. The summed E-state index contributed by atoms with van der Waals surface area (Å²) in [5.74, 6) is 1.89. The molecule has 2 saturated carbocycles. The Kier molecular flexibility index (Phi) is 6.04. The molecule has 1 atom stereocenters. The van der Waals surface area contributed by atoms with Crippen LogP contribution in [0.2, 0.25) is 0 Å². The van der Waals surface area contributed by atoms with Crippen molar-refractivity contribution in [1.82, 2.24) is 25.4 Å². The Morgan fingerprint density at radius 1 is 1.24 bits per heavy atom. The Balaban J connectivity index is 1.35. The number of aromatic nitrogens is 3. The predicted octanol–water partition coefficient (Wildman–Crippen LogP) is 1.75. The fourth-order valence-electron chi connectivity index (χ4n) is 3.57. The van der Waals surface area contributed by atoms with Crippen LogP contribution in [0.15, 0.2) is 6.33 Å². The summed E-state index contributed by atoms with van der Waals surface area (Å²) in [4.78, 5) is 24.3. The minimum absolute atomic E-state index is 0.00983. The summed E-state index contributed by atoms with van der Waals surface area (Å²) in [6.45, 7) is 2.91. The fraction of sp³-hybridized carbons (Fsp3) is 0.778. The lowest BCUT2D eigenvalue weighted by Gasteiger charge is -2.22. The highest BCUT2D eigenvalue weighted by Crippen LogP contribution is 2.38. The van der Waals surface area contributed by atoms with E-state index in [1.807, 2.05) is 4.57 Å². The van der Waals surface area contributed by atoms with Crippen molar-refractivity contribution in [3.05, 3.63) is 12.2 Å². The van der Waals surface area contributed by atoms with E-state index in [4.69, 9.17) is 0 Å². The molecule has 0 radical (unpaired) electrons. The molecule has 25 heavy (non-hydrogen) atoms. The molecule has 0 bridgehead atoms. The minimum atomic E-state index is -0.500. The predicted molar refractivity (Wildman–Crippen MR) is 93.8 cm³/mol. The third kappa shape index (κ3) is 5.28. The van der Waals surface area contributed by atoms with Crippen LogP contribution in [-0.4, -0.2) is 39.2 Å². The SMILES string of the molecule is C[C@H](NC(=O)CC1CCCCC1)C(=O)NCCn1cnnc1C1CC1. The van der Waals surface area contributed by atoms with Gasteiger partial charge in [0.15, 0.2) is 0 Å². The Labute approximate surface area is 149 Å². The molecule has 2 aliphatic rings. The first-order valence-electron chi connectivity index (χ1n) is 9.58. The Morgan fingerprint density at radius 3 is 2.72 bits per heavy atom. The highest BCUT2D eigenvalue weighted by Gasteiger charge is 2.28. The smallest absolute Gasteiger partial charge is 0.242 e. The summed E-state index contributed by atoms with van der Waals surface area (Å²) in [7, 11) is 0. The van der Waals surface area contributed by atoms with E-state index >= 15 is 0 Å². The van der Waals surface area contributed by atoms with Crippen LogP contribution in [-0.2, 0) is 16.1 Å². The van der Waals surface area contributed by atoms with E-state index in [1.54, 1.807) is 13.3 Å². The van der Waals surface area contributed by atoms with Crippen LogP contribution in [0.1, 0.15) is 70.0 Å². The third-order valence-electron chi connectivity index (χ3n) is 5.21. The maximum atomic E-state index is 12.2. The van der Waals surface area contributed by atoms with Gasteiger partial charge in [0.25, 0.3) is 0 Å². The van der Waals surface area contributed by atoms with E-state index in [2.05, 4.69) is 20.8 Å². The molecule has 1 aromatic rings. The van der Waals surface area contributed by atoms with E-state index in [0.29, 0.717) is 31.3 Å². The number of carbonyl (C=O) groups is 2. The van der Waals surface area contributed by atoms with Crippen molar-refractivity contribution in [2.24, 2.45) is 5.92 Å². The number of carbonyl (C=O) groups excluding carboxylic acids is 2. The molecule has 0 spiro atoms. The second-order valence-electron chi connectivity index (χ2n) is 7.45. The molecule has 0 unspecified atom stereocenters. The molecule has 0 aromatic carbocycles. The molecule has 1 aromatic heterocycles. The van der Waals surface area contributed by atoms with E-state index in [-0.39, 0.29) is 11.8 Å². The van der Waals surface area contributed by atoms with Crippen molar-refractivity contribution in [3.8, 4) is 0 Å². The van der Waals surface area contributed by atoms with E-state index in [1.165, 1.54) is 32.1 Å². The second-order valence-corrected chi connectivity index (χ2v) is 7.45. The first-order chi connectivity index (χ1) is 12.1. The molecule has 2 amide bonds. The van der Waals surface area contributed by atoms with Crippen LogP contribution in [0.4, 0.5) is 0 Å². The summed E-state index contributed by atoms with van der Waals surface area (Å²) in [5.41, 5.74) is 0.